The predicted molar refractivity (Wildman–Crippen MR) is 126 cm³/mol. The van der Waals surface area contributed by atoms with E-state index in [1.807, 2.05) is 20.8 Å². The molecule has 0 amide bonds. The standard InChI is InChI=1S/C26H30O9/c1-15(27)32-21-10-8-9-19-18(21)11-12-20(23(19)33-16(2)28)26(31-7)14-17(34-25(3,4)5)13-22(35-26)24(29)30-6/h8-13,17H,14H2,1-7H3/t17-,26+/m1/s1. The molecule has 1 aliphatic rings. The SMILES string of the molecule is COC(=O)C1=C[C@@H](OC(C)(C)C)C[C@@](OC)(c2ccc3c(OC(C)=O)cccc3c2OC(C)=O)O1. The van der Waals surface area contributed by atoms with Crippen molar-refractivity contribution in [1.82, 2.24) is 0 Å². The van der Waals surface area contributed by atoms with Gasteiger partial charge in [-0.2, -0.15) is 0 Å². The Balaban J connectivity index is 2.25. The summed E-state index contributed by atoms with van der Waals surface area (Å²) < 4.78 is 33.9. The van der Waals surface area contributed by atoms with Crippen LogP contribution < -0.4 is 9.47 Å². The molecule has 1 heterocycles. The topological polar surface area (TPSA) is 107 Å². The Labute approximate surface area is 203 Å². The fraction of sp³-hybridized carbons (Fsp3) is 0.423. The number of carbonyl (C=O) groups excluding carboxylic acids is 3. The van der Waals surface area contributed by atoms with E-state index < -0.39 is 35.4 Å². The maximum Gasteiger partial charge on any atom is 0.373 e. The van der Waals surface area contributed by atoms with Crippen LogP contribution in [-0.4, -0.2) is 43.8 Å². The summed E-state index contributed by atoms with van der Waals surface area (Å²) in [5.41, 5.74) is -0.194. The number of hydrogen-bond donors (Lipinski definition) is 0. The van der Waals surface area contributed by atoms with E-state index >= 15 is 0 Å². The summed E-state index contributed by atoms with van der Waals surface area (Å²) in [5, 5.41) is 1.02. The molecule has 3 rings (SSSR count). The molecule has 0 bridgehead atoms. The molecular formula is C26H30O9. The van der Waals surface area contributed by atoms with Gasteiger partial charge in [0.1, 0.15) is 11.5 Å². The van der Waals surface area contributed by atoms with Crippen molar-refractivity contribution >= 4 is 28.7 Å². The summed E-state index contributed by atoms with van der Waals surface area (Å²) in [4.78, 5) is 36.2. The van der Waals surface area contributed by atoms with Gasteiger partial charge in [0, 0.05) is 38.2 Å². The van der Waals surface area contributed by atoms with Crippen LogP contribution in [0.5, 0.6) is 11.5 Å². The number of ether oxygens (including phenoxy) is 6. The molecule has 0 aromatic heterocycles. The van der Waals surface area contributed by atoms with Crippen molar-refractivity contribution in [3.63, 3.8) is 0 Å². The molecule has 1 aliphatic heterocycles. The maximum atomic E-state index is 12.5. The Morgan fingerprint density at radius 1 is 0.971 bits per heavy atom. The zero-order chi connectivity index (χ0) is 26.0. The highest BCUT2D eigenvalue weighted by Crippen LogP contribution is 2.47. The molecule has 0 spiro atoms. The van der Waals surface area contributed by atoms with Gasteiger partial charge in [0.15, 0.2) is 0 Å². The monoisotopic (exact) mass is 486 g/mol. The fourth-order valence-corrected chi connectivity index (χ4v) is 3.98. The molecule has 9 nitrogen and oxygen atoms in total. The maximum absolute atomic E-state index is 12.5. The Morgan fingerprint density at radius 3 is 2.23 bits per heavy atom. The Bertz CT molecular complexity index is 1180. The van der Waals surface area contributed by atoms with Crippen LogP contribution in [0.1, 0.15) is 46.6 Å². The van der Waals surface area contributed by atoms with E-state index in [1.54, 1.807) is 36.4 Å². The third kappa shape index (κ3) is 5.80. The lowest BCUT2D eigenvalue weighted by molar-refractivity contribution is -0.243. The largest absolute Gasteiger partial charge is 0.463 e. The zero-order valence-corrected chi connectivity index (χ0v) is 20.9. The first kappa shape index (κ1) is 26.2. The minimum absolute atomic E-state index is 0.0996. The van der Waals surface area contributed by atoms with Crippen LogP contribution >= 0.6 is 0 Å². The van der Waals surface area contributed by atoms with Crippen LogP contribution in [0.15, 0.2) is 42.2 Å². The third-order valence-corrected chi connectivity index (χ3v) is 5.19. The van der Waals surface area contributed by atoms with Crippen molar-refractivity contribution in [2.24, 2.45) is 0 Å². The number of benzene rings is 2. The zero-order valence-electron chi connectivity index (χ0n) is 20.9. The van der Waals surface area contributed by atoms with Crippen LogP contribution in [-0.2, 0) is 39.1 Å². The van der Waals surface area contributed by atoms with Crippen molar-refractivity contribution in [1.29, 1.82) is 0 Å². The molecule has 35 heavy (non-hydrogen) atoms. The summed E-state index contributed by atoms with van der Waals surface area (Å²) in [7, 11) is 2.66. The molecule has 2 aromatic carbocycles. The number of fused-ring (bicyclic) bond motifs is 1. The van der Waals surface area contributed by atoms with Crippen molar-refractivity contribution < 1.29 is 42.8 Å². The third-order valence-electron chi connectivity index (χ3n) is 5.19. The van der Waals surface area contributed by atoms with Gasteiger partial charge in [-0.3, -0.25) is 9.59 Å². The van der Waals surface area contributed by atoms with Gasteiger partial charge < -0.3 is 28.4 Å². The molecule has 0 fully saturated rings. The van der Waals surface area contributed by atoms with Crippen LogP contribution in [0.25, 0.3) is 10.8 Å². The summed E-state index contributed by atoms with van der Waals surface area (Å²) in [6.07, 6.45) is 1.09. The average molecular weight is 487 g/mol. The number of methoxy groups -OCH3 is 2. The molecular weight excluding hydrogens is 456 g/mol. The number of esters is 3. The van der Waals surface area contributed by atoms with Crippen LogP contribution in [0.3, 0.4) is 0 Å². The highest BCUT2D eigenvalue weighted by Gasteiger charge is 2.46. The van der Waals surface area contributed by atoms with Crippen molar-refractivity contribution in [2.45, 2.75) is 58.5 Å². The molecule has 0 radical (unpaired) electrons. The Morgan fingerprint density at radius 2 is 1.66 bits per heavy atom. The Hall–Kier alpha value is -3.43. The van der Waals surface area contributed by atoms with Gasteiger partial charge in [-0.1, -0.05) is 12.1 Å². The van der Waals surface area contributed by atoms with Crippen LogP contribution in [0, 0.1) is 0 Å². The number of hydrogen-bond acceptors (Lipinski definition) is 9. The van der Waals surface area contributed by atoms with Crippen molar-refractivity contribution in [3.8, 4) is 11.5 Å². The lowest BCUT2D eigenvalue weighted by atomic mass is 9.92. The molecule has 2 atom stereocenters. The second-order valence-electron chi connectivity index (χ2n) is 9.04. The lowest BCUT2D eigenvalue weighted by Crippen LogP contribution is -2.43. The van der Waals surface area contributed by atoms with E-state index in [0.29, 0.717) is 22.1 Å². The van der Waals surface area contributed by atoms with E-state index in [-0.39, 0.29) is 17.9 Å². The second-order valence-corrected chi connectivity index (χ2v) is 9.04. The molecule has 2 aromatic rings. The molecule has 0 saturated carbocycles. The highest BCUT2D eigenvalue weighted by molar-refractivity contribution is 5.97. The normalized spacial score (nSPS) is 20.0. The number of rotatable bonds is 6. The molecule has 0 unspecified atom stereocenters. The molecule has 0 saturated heterocycles. The summed E-state index contributed by atoms with van der Waals surface area (Å²) >= 11 is 0. The van der Waals surface area contributed by atoms with E-state index in [9.17, 15) is 14.4 Å². The fourth-order valence-electron chi connectivity index (χ4n) is 3.98. The summed E-state index contributed by atoms with van der Waals surface area (Å²) in [6, 6.07) is 8.37. The van der Waals surface area contributed by atoms with Crippen LogP contribution in [0.2, 0.25) is 0 Å². The van der Waals surface area contributed by atoms with E-state index in [1.165, 1.54) is 28.1 Å². The summed E-state index contributed by atoms with van der Waals surface area (Å²) in [5.74, 6) is -3.00. The highest BCUT2D eigenvalue weighted by atomic mass is 16.7. The molecule has 188 valence electrons. The molecule has 9 heteroatoms. The average Bonchev–Trinajstić information content (AvgIpc) is 2.76. The van der Waals surface area contributed by atoms with Gasteiger partial charge in [-0.25, -0.2) is 4.79 Å². The quantitative estimate of drug-likeness (QED) is 0.440. The van der Waals surface area contributed by atoms with Gasteiger partial charge >= 0.3 is 17.9 Å². The molecule has 0 aliphatic carbocycles. The smallest absolute Gasteiger partial charge is 0.373 e. The van der Waals surface area contributed by atoms with E-state index in [2.05, 4.69) is 0 Å². The molecule has 0 N–H and O–H groups in total. The minimum Gasteiger partial charge on any atom is -0.463 e. The van der Waals surface area contributed by atoms with Crippen molar-refractivity contribution in [2.75, 3.05) is 14.2 Å². The van der Waals surface area contributed by atoms with Gasteiger partial charge in [-0.15, -0.1) is 0 Å². The van der Waals surface area contributed by atoms with E-state index in [4.69, 9.17) is 28.4 Å². The van der Waals surface area contributed by atoms with Crippen molar-refractivity contribution in [3.05, 3.63) is 47.7 Å². The Kier molecular flexibility index (Phi) is 7.52. The van der Waals surface area contributed by atoms with Gasteiger partial charge in [0.25, 0.3) is 0 Å². The predicted octanol–water partition coefficient (Wildman–Crippen LogP) is 4.15. The minimum atomic E-state index is -1.56. The lowest BCUT2D eigenvalue weighted by Gasteiger charge is -2.41. The van der Waals surface area contributed by atoms with Gasteiger partial charge in [0.2, 0.25) is 11.5 Å². The van der Waals surface area contributed by atoms with Crippen LogP contribution in [0.4, 0.5) is 0 Å². The first-order valence-electron chi connectivity index (χ1n) is 11.0. The first-order chi connectivity index (χ1) is 16.4. The van der Waals surface area contributed by atoms with Gasteiger partial charge in [-0.05, 0) is 45.0 Å². The first-order valence-corrected chi connectivity index (χ1v) is 11.0. The second kappa shape index (κ2) is 10.1. The van der Waals surface area contributed by atoms with E-state index in [0.717, 1.165) is 0 Å². The van der Waals surface area contributed by atoms with Gasteiger partial charge in [0.05, 0.1) is 24.4 Å². The summed E-state index contributed by atoms with van der Waals surface area (Å²) in [6.45, 7) is 8.23. The number of carbonyl (C=O) groups is 3.